The van der Waals surface area contributed by atoms with Crippen LogP contribution in [0.2, 0.25) is 0 Å². The molecule has 1 heterocycles. The van der Waals surface area contributed by atoms with Crippen molar-refractivity contribution in [2.45, 2.75) is 13.5 Å². The molecule has 5 nitrogen and oxygen atoms in total. The van der Waals surface area contributed by atoms with E-state index < -0.39 is 0 Å². The number of carbonyl (C=O) groups excluding carboxylic acids is 1. The predicted octanol–water partition coefficient (Wildman–Crippen LogP) is 6.19. The quantitative estimate of drug-likeness (QED) is 0.216. The summed E-state index contributed by atoms with van der Waals surface area (Å²) < 4.78 is 7.83. The SMILES string of the molecule is Cc1cccc(Cn2cc(/C=N/NC(=O)COc3ccc(-c4ccccc4)cc3)c3ccccc32)c1. The van der Waals surface area contributed by atoms with Crippen LogP contribution in [0.5, 0.6) is 5.75 Å². The van der Waals surface area contributed by atoms with Gasteiger partial charge < -0.3 is 9.30 Å². The second kappa shape index (κ2) is 10.7. The summed E-state index contributed by atoms with van der Waals surface area (Å²) in [5.41, 5.74) is 9.33. The molecule has 0 aliphatic rings. The molecule has 0 saturated carbocycles. The largest absolute Gasteiger partial charge is 0.484 e. The van der Waals surface area contributed by atoms with Gasteiger partial charge in [-0.25, -0.2) is 5.43 Å². The minimum Gasteiger partial charge on any atom is -0.484 e. The number of rotatable bonds is 8. The van der Waals surface area contributed by atoms with E-state index in [-0.39, 0.29) is 12.5 Å². The number of aryl methyl sites for hydroxylation is 1. The lowest BCUT2D eigenvalue weighted by Crippen LogP contribution is -2.24. The van der Waals surface area contributed by atoms with Gasteiger partial charge in [-0.3, -0.25) is 4.79 Å². The lowest BCUT2D eigenvalue weighted by atomic mass is 10.1. The van der Waals surface area contributed by atoms with E-state index in [1.54, 1.807) is 6.21 Å². The zero-order chi connectivity index (χ0) is 24.7. The van der Waals surface area contributed by atoms with E-state index in [2.05, 4.69) is 76.7 Å². The smallest absolute Gasteiger partial charge is 0.277 e. The van der Waals surface area contributed by atoms with Crippen molar-refractivity contribution in [2.24, 2.45) is 5.10 Å². The van der Waals surface area contributed by atoms with E-state index in [0.717, 1.165) is 34.1 Å². The summed E-state index contributed by atoms with van der Waals surface area (Å²) in [5.74, 6) is 0.315. The van der Waals surface area contributed by atoms with Crippen molar-refractivity contribution in [1.82, 2.24) is 9.99 Å². The molecule has 0 saturated heterocycles. The number of para-hydroxylation sites is 1. The molecule has 0 bridgehead atoms. The minimum atomic E-state index is -0.318. The first-order valence-electron chi connectivity index (χ1n) is 11.9. The van der Waals surface area contributed by atoms with Crippen molar-refractivity contribution in [3.8, 4) is 16.9 Å². The number of nitrogens with zero attached hydrogens (tertiary/aromatic N) is 2. The van der Waals surface area contributed by atoms with Gasteiger partial charge in [0.1, 0.15) is 5.75 Å². The minimum absolute atomic E-state index is 0.114. The molecule has 178 valence electrons. The molecule has 0 unspecified atom stereocenters. The van der Waals surface area contributed by atoms with Gasteiger partial charge in [0, 0.05) is 29.2 Å². The maximum atomic E-state index is 12.3. The lowest BCUT2D eigenvalue weighted by molar-refractivity contribution is -0.123. The Morgan fingerprint density at radius 2 is 1.64 bits per heavy atom. The number of ether oxygens (including phenoxy) is 1. The average molecular weight is 474 g/mol. The highest BCUT2D eigenvalue weighted by Crippen LogP contribution is 2.23. The molecule has 5 heteroatoms. The molecule has 0 aliphatic carbocycles. The van der Waals surface area contributed by atoms with Crippen molar-refractivity contribution in [3.05, 3.63) is 126 Å². The van der Waals surface area contributed by atoms with Gasteiger partial charge in [-0.05, 0) is 41.8 Å². The number of nitrogens with one attached hydrogen (secondary N) is 1. The fourth-order valence-electron chi connectivity index (χ4n) is 4.25. The fourth-order valence-corrected chi connectivity index (χ4v) is 4.25. The van der Waals surface area contributed by atoms with Gasteiger partial charge in [0.15, 0.2) is 6.61 Å². The molecule has 4 aromatic carbocycles. The first-order valence-corrected chi connectivity index (χ1v) is 11.9. The second-order valence-corrected chi connectivity index (χ2v) is 8.69. The Hall–Kier alpha value is -4.64. The Morgan fingerprint density at radius 1 is 0.889 bits per heavy atom. The Labute approximate surface area is 210 Å². The van der Waals surface area contributed by atoms with Crippen LogP contribution >= 0.6 is 0 Å². The van der Waals surface area contributed by atoms with Gasteiger partial charge in [0.05, 0.1) is 6.21 Å². The maximum Gasteiger partial charge on any atom is 0.277 e. The summed E-state index contributed by atoms with van der Waals surface area (Å²) in [6.07, 6.45) is 3.75. The van der Waals surface area contributed by atoms with Crippen LogP contribution in [0.3, 0.4) is 0 Å². The number of fused-ring (bicyclic) bond motifs is 1. The second-order valence-electron chi connectivity index (χ2n) is 8.69. The van der Waals surface area contributed by atoms with Crippen LogP contribution in [0.4, 0.5) is 0 Å². The molecule has 0 spiro atoms. The molecule has 1 amide bonds. The van der Waals surface area contributed by atoms with Crippen LogP contribution in [0, 0.1) is 6.92 Å². The normalized spacial score (nSPS) is 11.1. The van der Waals surface area contributed by atoms with Crippen LogP contribution in [0.15, 0.2) is 114 Å². The highest BCUT2D eigenvalue weighted by atomic mass is 16.5. The number of benzene rings is 4. The molecule has 5 rings (SSSR count). The van der Waals surface area contributed by atoms with E-state index in [1.807, 2.05) is 54.6 Å². The van der Waals surface area contributed by atoms with Crippen molar-refractivity contribution in [1.29, 1.82) is 0 Å². The van der Waals surface area contributed by atoms with Crippen LogP contribution in [-0.4, -0.2) is 23.3 Å². The van der Waals surface area contributed by atoms with Crippen LogP contribution in [0.1, 0.15) is 16.7 Å². The van der Waals surface area contributed by atoms with E-state index >= 15 is 0 Å². The number of carbonyl (C=O) groups is 1. The first kappa shape index (κ1) is 23.1. The molecule has 0 radical (unpaired) electrons. The number of amides is 1. The van der Waals surface area contributed by atoms with Gasteiger partial charge in [-0.2, -0.15) is 5.10 Å². The van der Waals surface area contributed by atoms with Gasteiger partial charge in [0.2, 0.25) is 0 Å². The molecule has 1 aromatic heterocycles. The Bertz CT molecular complexity index is 1500. The van der Waals surface area contributed by atoms with Gasteiger partial charge in [0.25, 0.3) is 5.91 Å². The van der Waals surface area contributed by atoms with E-state index in [1.165, 1.54) is 11.1 Å². The van der Waals surface area contributed by atoms with Gasteiger partial charge in [-0.15, -0.1) is 0 Å². The summed E-state index contributed by atoms with van der Waals surface area (Å²) in [4.78, 5) is 12.3. The molecular formula is C31H27N3O2. The van der Waals surface area contributed by atoms with Crippen LogP contribution in [0.25, 0.3) is 22.0 Å². The molecule has 0 fully saturated rings. The molecule has 5 aromatic rings. The summed E-state index contributed by atoms with van der Waals surface area (Å²) >= 11 is 0. The standard InChI is InChI=1S/C31H27N3O2/c1-23-8-7-9-24(18-23)20-34-21-27(29-12-5-6-13-30(29)34)19-32-33-31(35)22-36-28-16-14-26(15-17-28)25-10-3-2-4-11-25/h2-19,21H,20,22H2,1H3,(H,33,35)/b32-19+. The third-order valence-corrected chi connectivity index (χ3v) is 5.98. The van der Waals surface area contributed by atoms with Crippen molar-refractivity contribution in [3.63, 3.8) is 0 Å². The maximum absolute atomic E-state index is 12.3. The van der Waals surface area contributed by atoms with Crippen molar-refractivity contribution < 1.29 is 9.53 Å². The highest BCUT2D eigenvalue weighted by Gasteiger charge is 2.08. The van der Waals surface area contributed by atoms with Crippen molar-refractivity contribution in [2.75, 3.05) is 6.61 Å². The Kier molecular flexibility index (Phi) is 6.90. The molecule has 36 heavy (non-hydrogen) atoms. The number of hydrazone groups is 1. The summed E-state index contributed by atoms with van der Waals surface area (Å²) in [6.45, 7) is 2.75. The van der Waals surface area contributed by atoms with E-state index in [4.69, 9.17) is 4.74 Å². The summed E-state index contributed by atoms with van der Waals surface area (Å²) in [6, 6.07) is 34.5. The summed E-state index contributed by atoms with van der Waals surface area (Å²) in [7, 11) is 0. The molecular weight excluding hydrogens is 446 g/mol. The average Bonchev–Trinajstić information content (AvgIpc) is 3.25. The lowest BCUT2D eigenvalue weighted by Gasteiger charge is -2.06. The fraction of sp³-hybridized carbons (Fsp3) is 0.0968. The molecule has 0 atom stereocenters. The topological polar surface area (TPSA) is 55.6 Å². The number of aromatic nitrogens is 1. The predicted molar refractivity (Wildman–Crippen MR) is 145 cm³/mol. The van der Waals surface area contributed by atoms with Crippen LogP contribution in [-0.2, 0) is 11.3 Å². The molecule has 0 aliphatic heterocycles. The highest BCUT2D eigenvalue weighted by molar-refractivity contribution is 5.99. The number of hydrogen-bond acceptors (Lipinski definition) is 3. The zero-order valence-corrected chi connectivity index (χ0v) is 20.1. The van der Waals surface area contributed by atoms with Gasteiger partial charge >= 0.3 is 0 Å². The first-order chi connectivity index (χ1) is 17.7. The van der Waals surface area contributed by atoms with Crippen LogP contribution < -0.4 is 10.2 Å². The summed E-state index contributed by atoms with van der Waals surface area (Å²) in [5, 5.41) is 5.26. The molecule has 1 N–H and O–H groups in total. The Morgan fingerprint density at radius 3 is 2.44 bits per heavy atom. The third-order valence-electron chi connectivity index (χ3n) is 5.98. The monoisotopic (exact) mass is 473 g/mol. The number of hydrogen-bond donors (Lipinski definition) is 1. The Balaban J connectivity index is 1.20. The third kappa shape index (κ3) is 5.53. The van der Waals surface area contributed by atoms with E-state index in [9.17, 15) is 4.79 Å². The van der Waals surface area contributed by atoms with E-state index in [0.29, 0.717) is 5.75 Å². The van der Waals surface area contributed by atoms with Gasteiger partial charge in [-0.1, -0.05) is 90.5 Å². The van der Waals surface area contributed by atoms with Crippen molar-refractivity contribution >= 4 is 23.0 Å². The zero-order valence-electron chi connectivity index (χ0n) is 20.1.